The van der Waals surface area contributed by atoms with Crippen LogP contribution in [0, 0.1) is 5.82 Å². The highest BCUT2D eigenvalue weighted by molar-refractivity contribution is 5.43. The maximum atomic E-state index is 13.3. The molecular weight excluding hydrogens is 271 g/mol. The average molecular weight is 290 g/mol. The molecule has 2 N–H and O–H groups in total. The van der Waals surface area contributed by atoms with Gasteiger partial charge in [0.05, 0.1) is 18.4 Å². The quantitative estimate of drug-likeness (QED) is 0.854. The van der Waals surface area contributed by atoms with Gasteiger partial charge in [-0.3, -0.25) is 4.79 Å². The Morgan fingerprint density at radius 2 is 1.95 bits per heavy atom. The van der Waals surface area contributed by atoms with Gasteiger partial charge in [0.25, 0.3) is 5.56 Å². The first-order valence-corrected chi connectivity index (χ1v) is 6.90. The predicted octanol–water partition coefficient (Wildman–Crippen LogP) is 1.86. The number of benzene rings is 1. The van der Waals surface area contributed by atoms with Crippen molar-refractivity contribution in [3.63, 3.8) is 0 Å². The van der Waals surface area contributed by atoms with E-state index in [-0.39, 0.29) is 12.1 Å². The highest BCUT2D eigenvalue weighted by Crippen LogP contribution is 2.12. The molecule has 6 heteroatoms. The summed E-state index contributed by atoms with van der Waals surface area (Å²) in [6, 6.07) is 5.77. The maximum Gasteiger partial charge on any atom is 0.269 e. The van der Waals surface area contributed by atoms with Crippen molar-refractivity contribution in [2.75, 3.05) is 23.7 Å². The second kappa shape index (κ2) is 6.39. The maximum absolute atomic E-state index is 13.3. The van der Waals surface area contributed by atoms with Crippen LogP contribution in [0.25, 0.3) is 0 Å². The van der Waals surface area contributed by atoms with Crippen molar-refractivity contribution in [3.05, 3.63) is 52.2 Å². The lowest BCUT2D eigenvalue weighted by Crippen LogP contribution is -2.28. The standard InChI is InChI=1S/C15H19FN4O/c1-3-19(4-2)14-8-15(21)20(18-9-14)10-11-5-12(16)7-13(17)6-11/h5-9H,3-4,10,17H2,1-2H3. The first-order chi connectivity index (χ1) is 10.0. The van der Waals surface area contributed by atoms with Gasteiger partial charge in [0.2, 0.25) is 0 Å². The number of nitrogens with two attached hydrogens (primary N) is 1. The summed E-state index contributed by atoms with van der Waals surface area (Å²) in [5.74, 6) is -0.419. The smallest absolute Gasteiger partial charge is 0.269 e. The van der Waals surface area contributed by atoms with E-state index in [0.717, 1.165) is 18.8 Å². The van der Waals surface area contributed by atoms with Gasteiger partial charge in [0.15, 0.2) is 0 Å². The number of nitrogen functional groups attached to an aromatic ring is 1. The Morgan fingerprint density at radius 3 is 2.52 bits per heavy atom. The summed E-state index contributed by atoms with van der Waals surface area (Å²) >= 11 is 0. The fourth-order valence-corrected chi connectivity index (χ4v) is 2.24. The first-order valence-electron chi connectivity index (χ1n) is 6.90. The van der Waals surface area contributed by atoms with E-state index in [2.05, 4.69) is 5.10 Å². The lowest BCUT2D eigenvalue weighted by Gasteiger charge is -2.20. The Bertz CT molecular complexity index is 659. The molecule has 0 atom stereocenters. The molecule has 0 aliphatic carbocycles. The van der Waals surface area contributed by atoms with E-state index in [1.54, 1.807) is 18.3 Å². The van der Waals surface area contributed by atoms with Gasteiger partial charge >= 0.3 is 0 Å². The summed E-state index contributed by atoms with van der Waals surface area (Å²) in [5, 5.41) is 4.15. The van der Waals surface area contributed by atoms with Crippen LogP contribution in [0.4, 0.5) is 15.8 Å². The molecule has 0 radical (unpaired) electrons. The number of nitrogens with zero attached hydrogens (tertiary/aromatic N) is 3. The molecule has 112 valence electrons. The van der Waals surface area contributed by atoms with Crippen molar-refractivity contribution in [3.8, 4) is 0 Å². The summed E-state index contributed by atoms with van der Waals surface area (Å²) in [6.45, 7) is 5.85. The number of hydrogen-bond donors (Lipinski definition) is 1. The molecule has 1 aromatic carbocycles. The van der Waals surface area contributed by atoms with Crippen LogP contribution in [-0.4, -0.2) is 22.9 Å². The van der Waals surface area contributed by atoms with E-state index in [1.807, 2.05) is 18.7 Å². The second-order valence-electron chi connectivity index (χ2n) is 4.77. The lowest BCUT2D eigenvalue weighted by molar-refractivity contribution is 0.610. The summed E-state index contributed by atoms with van der Waals surface area (Å²) < 4.78 is 14.6. The Labute approximate surface area is 122 Å². The van der Waals surface area contributed by atoms with Crippen LogP contribution >= 0.6 is 0 Å². The topological polar surface area (TPSA) is 64.2 Å². The fraction of sp³-hybridized carbons (Fsp3) is 0.333. The molecule has 0 aliphatic heterocycles. The highest BCUT2D eigenvalue weighted by Gasteiger charge is 2.07. The van der Waals surface area contributed by atoms with E-state index in [9.17, 15) is 9.18 Å². The normalized spacial score (nSPS) is 10.6. The van der Waals surface area contributed by atoms with Crippen molar-refractivity contribution >= 4 is 11.4 Å². The first kappa shape index (κ1) is 15.0. The Hall–Kier alpha value is -2.37. The lowest BCUT2D eigenvalue weighted by atomic mass is 10.2. The largest absolute Gasteiger partial charge is 0.399 e. The van der Waals surface area contributed by atoms with Gasteiger partial charge < -0.3 is 10.6 Å². The van der Waals surface area contributed by atoms with Crippen molar-refractivity contribution in [1.82, 2.24) is 9.78 Å². The van der Waals surface area contributed by atoms with Crippen LogP contribution in [0.3, 0.4) is 0 Å². The molecule has 0 saturated heterocycles. The van der Waals surface area contributed by atoms with Gasteiger partial charge in [-0.05, 0) is 37.6 Å². The van der Waals surface area contributed by atoms with E-state index in [0.29, 0.717) is 11.3 Å². The third kappa shape index (κ3) is 3.59. The number of hydrogen-bond acceptors (Lipinski definition) is 4. The third-order valence-electron chi connectivity index (χ3n) is 3.30. The minimum Gasteiger partial charge on any atom is -0.399 e. The number of anilines is 2. The molecule has 1 aromatic heterocycles. The molecule has 0 fully saturated rings. The zero-order chi connectivity index (χ0) is 15.4. The number of aromatic nitrogens is 2. The predicted molar refractivity (Wildman–Crippen MR) is 82.0 cm³/mol. The van der Waals surface area contributed by atoms with Crippen molar-refractivity contribution in [2.24, 2.45) is 0 Å². The van der Waals surface area contributed by atoms with Crippen molar-refractivity contribution < 1.29 is 4.39 Å². The van der Waals surface area contributed by atoms with Crippen LogP contribution in [0.2, 0.25) is 0 Å². The van der Waals surface area contributed by atoms with Gasteiger partial charge in [-0.15, -0.1) is 0 Å². The Kier molecular flexibility index (Phi) is 4.57. The van der Waals surface area contributed by atoms with Crippen LogP contribution in [-0.2, 0) is 6.54 Å². The van der Waals surface area contributed by atoms with E-state index >= 15 is 0 Å². The molecule has 0 bridgehead atoms. The van der Waals surface area contributed by atoms with Crippen molar-refractivity contribution in [2.45, 2.75) is 20.4 Å². The molecule has 2 aromatic rings. The molecule has 0 amide bonds. The molecule has 0 spiro atoms. The fourth-order valence-electron chi connectivity index (χ4n) is 2.24. The molecule has 21 heavy (non-hydrogen) atoms. The second-order valence-corrected chi connectivity index (χ2v) is 4.77. The minimum atomic E-state index is -0.419. The zero-order valence-electron chi connectivity index (χ0n) is 12.2. The summed E-state index contributed by atoms with van der Waals surface area (Å²) in [7, 11) is 0. The summed E-state index contributed by atoms with van der Waals surface area (Å²) in [4.78, 5) is 14.1. The van der Waals surface area contributed by atoms with Gasteiger partial charge in [-0.2, -0.15) is 5.10 Å². The third-order valence-corrected chi connectivity index (χ3v) is 3.30. The molecule has 0 aliphatic rings. The van der Waals surface area contributed by atoms with Crippen LogP contribution in [0.15, 0.2) is 35.3 Å². The average Bonchev–Trinajstić information content (AvgIpc) is 2.42. The molecular formula is C15H19FN4O. The molecule has 5 nitrogen and oxygen atoms in total. The highest BCUT2D eigenvalue weighted by atomic mass is 19.1. The van der Waals surface area contributed by atoms with E-state index in [1.165, 1.54) is 16.8 Å². The van der Waals surface area contributed by atoms with Gasteiger partial charge in [0.1, 0.15) is 5.82 Å². The van der Waals surface area contributed by atoms with Crippen LogP contribution in [0.5, 0.6) is 0 Å². The minimum absolute atomic E-state index is 0.194. The number of halogens is 1. The molecule has 0 saturated carbocycles. The van der Waals surface area contributed by atoms with Gasteiger partial charge in [0, 0.05) is 24.8 Å². The Balaban J connectivity index is 2.27. The van der Waals surface area contributed by atoms with E-state index < -0.39 is 5.82 Å². The van der Waals surface area contributed by atoms with Crippen molar-refractivity contribution in [1.29, 1.82) is 0 Å². The van der Waals surface area contributed by atoms with E-state index in [4.69, 9.17) is 5.73 Å². The zero-order valence-corrected chi connectivity index (χ0v) is 12.2. The van der Waals surface area contributed by atoms with Crippen LogP contribution in [0.1, 0.15) is 19.4 Å². The van der Waals surface area contributed by atoms with Gasteiger partial charge in [-0.1, -0.05) is 0 Å². The van der Waals surface area contributed by atoms with Crippen LogP contribution < -0.4 is 16.2 Å². The monoisotopic (exact) mass is 290 g/mol. The number of rotatable bonds is 5. The molecule has 0 unspecified atom stereocenters. The molecule has 1 heterocycles. The molecule has 2 rings (SSSR count). The SMILES string of the molecule is CCN(CC)c1cnn(Cc2cc(N)cc(F)c2)c(=O)c1. The summed E-state index contributed by atoms with van der Waals surface area (Å²) in [5.41, 5.74) is 7.11. The summed E-state index contributed by atoms with van der Waals surface area (Å²) in [6.07, 6.45) is 1.65. The van der Waals surface area contributed by atoms with Gasteiger partial charge in [-0.25, -0.2) is 9.07 Å². The Morgan fingerprint density at radius 1 is 1.24 bits per heavy atom.